The highest BCUT2D eigenvalue weighted by atomic mass is 32.1. The number of aryl methyl sites for hydroxylation is 1. The van der Waals surface area contributed by atoms with Gasteiger partial charge in [-0.1, -0.05) is 29.8 Å². The van der Waals surface area contributed by atoms with Crippen molar-refractivity contribution >= 4 is 39.6 Å². The summed E-state index contributed by atoms with van der Waals surface area (Å²) in [5.41, 5.74) is 3.19. The molecule has 1 amide bonds. The van der Waals surface area contributed by atoms with E-state index in [0.717, 1.165) is 11.1 Å². The van der Waals surface area contributed by atoms with Crippen molar-refractivity contribution in [2.45, 2.75) is 6.92 Å². The van der Waals surface area contributed by atoms with E-state index >= 15 is 0 Å². The van der Waals surface area contributed by atoms with Crippen LogP contribution in [-0.4, -0.2) is 17.0 Å². The Morgan fingerprint density at radius 3 is 2.43 bits per heavy atom. The Hall–Kier alpha value is -2.44. The van der Waals surface area contributed by atoms with Crippen LogP contribution in [0.15, 0.2) is 46.5 Å². The minimum atomic E-state index is -1.05. The van der Waals surface area contributed by atoms with E-state index in [2.05, 4.69) is 5.32 Å². The van der Waals surface area contributed by atoms with E-state index in [-0.39, 0.29) is 11.5 Å². The maximum absolute atomic E-state index is 12.1. The molecule has 0 bridgehead atoms. The Balaban J connectivity index is 1.97. The van der Waals surface area contributed by atoms with Crippen molar-refractivity contribution < 1.29 is 14.7 Å². The fourth-order valence-corrected chi connectivity index (χ4v) is 3.77. The zero-order valence-corrected chi connectivity index (χ0v) is 13.8. The summed E-state index contributed by atoms with van der Waals surface area (Å²) in [6, 6.07) is 9.34. The molecule has 1 aromatic carbocycles. The van der Waals surface area contributed by atoms with Crippen molar-refractivity contribution in [2.75, 3.05) is 5.32 Å². The van der Waals surface area contributed by atoms with Crippen LogP contribution in [0.25, 0.3) is 11.1 Å². The Morgan fingerprint density at radius 1 is 1.09 bits per heavy atom. The fraction of sp³-hybridized carbons (Fsp3) is 0.0588. The second kappa shape index (κ2) is 6.36. The molecule has 0 aliphatic heterocycles. The first kappa shape index (κ1) is 15.5. The van der Waals surface area contributed by atoms with Gasteiger partial charge in [-0.25, -0.2) is 4.79 Å². The first-order chi connectivity index (χ1) is 11.1. The Morgan fingerprint density at radius 2 is 1.83 bits per heavy atom. The number of nitrogens with one attached hydrogen (secondary N) is 1. The molecule has 2 N–H and O–H groups in total. The van der Waals surface area contributed by atoms with Gasteiger partial charge in [-0.05, 0) is 23.9 Å². The number of hydrogen-bond donors (Lipinski definition) is 2. The SMILES string of the molecule is Cc1ccc(-c2csc(NC(=O)c3ccsc3)c2C(=O)O)cc1. The van der Waals surface area contributed by atoms with Gasteiger partial charge in [-0.2, -0.15) is 11.3 Å². The van der Waals surface area contributed by atoms with Crippen LogP contribution in [0.5, 0.6) is 0 Å². The highest BCUT2D eigenvalue weighted by molar-refractivity contribution is 7.15. The van der Waals surface area contributed by atoms with Crippen LogP contribution in [0.4, 0.5) is 5.00 Å². The highest BCUT2D eigenvalue weighted by Gasteiger charge is 2.21. The van der Waals surface area contributed by atoms with E-state index in [4.69, 9.17) is 0 Å². The van der Waals surface area contributed by atoms with Gasteiger partial charge < -0.3 is 10.4 Å². The second-order valence-electron chi connectivity index (χ2n) is 4.99. The Bertz CT molecular complexity index is 849. The fourth-order valence-electron chi connectivity index (χ4n) is 2.18. The summed E-state index contributed by atoms with van der Waals surface area (Å²) in [6.45, 7) is 1.97. The second-order valence-corrected chi connectivity index (χ2v) is 6.65. The van der Waals surface area contributed by atoms with Crippen LogP contribution in [0.3, 0.4) is 0 Å². The zero-order chi connectivity index (χ0) is 16.4. The monoisotopic (exact) mass is 343 g/mol. The van der Waals surface area contributed by atoms with Crippen LogP contribution in [0, 0.1) is 6.92 Å². The topological polar surface area (TPSA) is 66.4 Å². The van der Waals surface area contributed by atoms with E-state index in [9.17, 15) is 14.7 Å². The molecule has 3 rings (SSSR count). The lowest BCUT2D eigenvalue weighted by Crippen LogP contribution is -2.12. The number of rotatable bonds is 4. The summed E-state index contributed by atoms with van der Waals surface area (Å²) in [7, 11) is 0. The summed E-state index contributed by atoms with van der Waals surface area (Å²) in [5, 5.41) is 17.9. The van der Waals surface area contributed by atoms with Crippen LogP contribution in [0.2, 0.25) is 0 Å². The summed E-state index contributed by atoms with van der Waals surface area (Å²) < 4.78 is 0. The molecule has 23 heavy (non-hydrogen) atoms. The predicted octanol–water partition coefficient (Wildman–Crippen LogP) is 4.74. The molecule has 4 nitrogen and oxygen atoms in total. The molecule has 0 unspecified atom stereocenters. The van der Waals surface area contributed by atoms with Gasteiger partial charge >= 0.3 is 5.97 Å². The third-order valence-electron chi connectivity index (χ3n) is 3.38. The maximum Gasteiger partial charge on any atom is 0.339 e. The van der Waals surface area contributed by atoms with Crippen molar-refractivity contribution in [1.29, 1.82) is 0 Å². The van der Waals surface area contributed by atoms with Crippen molar-refractivity contribution in [3.63, 3.8) is 0 Å². The third kappa shape index (κ3) is 3.18. The molecule has 0 saturated heterocycles. The average molecular weight is 343 g/mol. The lowest BCUT2D eigenvalue weighted by Gasteiger charge is -2.05. The van der Waals surface area contributed by atoms with Gasteiger partial charge in [0.05, 0.1) is 5.56 Å². The van der Waals surface area contributed by atoms with Crippen molar-refractivity contribution in [3.8, 4) is 11.1 Å². The van der Waals surface area contributed by atoms with Crippen molar-refractivity contribution in [1.82, 2.24) is 0 Å². The van der Waals surface area contributed by atoms with Gasteiger partial charge in [0.1, 0.15) is 10.6 Å². The highest BCUT2D eigenvalue weighted by Crippen LogP contribution is 2.36. The van der Waals surface area contributed by atoms with E-state index in [1.807, 2.05) is 31.2 Å². The summed E-state index contributed by atoms with van der Waals surface area (Å²) >= 11 is 2.64. The molecule has 0 atom stereocenters. The van der Waals surface area contributed by atoms with Crippen molar-refractivity contribution in [3.05, 3.63) is 63.2 Å². The van der Waals surface area contributed by atoms with E-state index in [1.165, 1.54) is 22.7 Å². The smallest absolute Gasteiger partial charge is 0.339 e. The number of amides is 1. The first-order valence-electron chi connectivity index (χ1n) is 6.81. The summed E-state index contributed by atoms with van der Waals surface area (Å²) in [5.74, 6) is -1.35. The molecule has 0 radical (unpaired) electrons. The number of thiophene rings is 2. The molecule has 3 aromatic rings. The standard InChI is InChI=1S/C17H13NO3S2/c1-10-2-4-11(5-3-10)13-9-23-16(14(13)17(20)21)18-15(19)12-6-7-22-8-12/h2-9H,1H3,(H,18,19)(H,20,21). The first-order valence-corrected chi connectivity index (χ1v) is 8.64. The Kier molecular flexibility index (Phi) is 4.27. The number of anilines is 1. The van der Waals surface area contributed by atoms with E-state index in [0.29, 0.717) is 16.1 Å². The van der Waals surface area contributed by atoms with Gasteiger partial charge in [0.25, 0.3) is 5.91 Å². The molecule has 6 heteroatoms. The van der Waals surface area contributed by atoms with Gasteiger partial charge in [-0.15, -0.1) is 11.3 Å². The third-order valence-corrected chi connectivity index (χ3v) is 4.96. The van der Waals surface area contributed by atoms with Gasteiger partial charge in [-0.3, -0.25) is 4.79 Å². The maximum atomic E-state index is 12.1. The summed E-state index contributed by atoms with van der Waals surface area (Å²) in [4.78, 5) is 23.8. The number of benzene rings is 1. The number of carboxylic acids is 1. The summed E-state index contributed by atoms with van der Waals surface area (Å²) in [6.07, 6.45) is 0. The number of hydrogen-bond acceptors (Lipinski definition) is 4. The lowest BCUT2D eigenvalue weighted by atomic mass is 10.0. The number of carboxylic acid groups (broad SMARTS) is 1. The zero-order valence-electron chi connectivity index (χ0n) is 12.2. The van der Waals surface area contributed by atoms with Gasteiger partial charge in [0, 0.05) is 16.3 Å². The predicted molar refractivity (Wildman–Crippen MR) is 93.7 cm³/mol. The number of aromatic carboxylic acids is 1. The van der Waals surface area contributed by atoms with E-state index < -0.39 is 5.97 Å². The molecule has 0 spiro atoms. The molecule has 0 saturated carbocycles. The van der Waals surface area contributed by atoms with Gasteiger partial charge in [0.2, 0.25) is 0 Å². The van der Waals surface area contributed by atoms with E-state index in [1.54, 1.807) is 22.2 Å². The molecule has 0 aliphatic carbocycles. The molecule has 2 heterocycles. The molecule has 2 aromatic heterocycles. The molecular formula is C17H13NO3S2. The quantitative estimate of drug-likeness (QED) is 0.719. The molecular weight excluding hydrogens is 330 g/mol. The number of carbonyl (C=O) groups excluding carboxylic acids is 1. The lowest BCUT2D eigenvalue weighted by molar-refractivity contribution is 0.0699. The van der Waals surface area contributed by atoms with Crippen LogP contribution >= 0.6 is 22.7 Å². The van der Waals surface area contributed by atoms with Crippen molar-refractivity contribution in [2.24, 2.45) is 0 Å². The largest absolute Gasteiger partial charge is 0.478 e. The normalized spacial score (nSPS) is 10.5. The number of carbonyl (C=O) groups is 2. The van der Waals surface area contributed by atoms with Crippen LogP contribution in [0.1, 0.15) is 26.3 Å². The van der Waals surface area contributed by atoms with Crippen LogP contribution < -0.4 is 5.32 Å². The molecule has 0 fully saturated rings. The molecule has 0 aliphatic rings. The van der Waals surface area contributed by atoms with Crippen LogP contribution in [-0.2, 0) is 0 Å². The average Bonchev–Trinajstić information content (AvgIpc) is 3.17. The Labute approximate surface area is 141 Å². The molecule has 116 valence electrons. The minimum Gasteiger partial charge on any atom is -0.478 e. The minimum absolute atomic E-state index is 0.127. The van der Waals surface area contributed by atoms with Gasteiger partial charge in [0.15, 0.2) is 0 Å².